The molecule has 0 rings (SSSR count). The number of carbonyl (C=O) groups is 4. The van der Waals surface area contributed by atoms with Crippen LogP contribution < -0.4 is 27.0 Å². The molecule has 7 N–H and O–H groups in total. The fourth-order valence-corrected chi connectivity index (χ4v) is 4.60. The van der Waals surface area contributed by atoms with Crippen molar-refractivity contribution in [1.29, 1.82) is 0 Å². The first-order valence-electron chi connectivity index (χ1n) is 15.2. The Hall–Kier alpha value is -2.04. The van der Waals surface area contributed by atoms with E-state index in [1.807, 2.05) is 27.7 Å². The number of amides is 3. The molecule has 0 aromatic rings. The summed E-state index contributed by atoms with van der Waals surface area (Å²) >= 11 is 0. The van der Waals surface area contributed by atoms with E-state index < -0.39 is 35.8 Å². The minimum Gasteiger partial charge on any atom is -0.376 e. The molecule has 0 aromatic carbocycles. The molecule has 0 spiro atoms. The Kier molecular flexibility index (Phi) is 18.9. The van der Waals surface area contributed by atoms with Crippen molar-refractivity contribution in [3.05, 3.63) is 0 Å². The summed E-state index contributed by atoms with van der Waals surface area (Å²) in [6.07, 6.45) is 6.87. The van der Waals surface area contributed by atoms with Crippen molar-refractivity contribution in [3.8, 4) is 0 Å². The topological polar surface area (TPSA) is 163 Å². The van der Waals surface area contributed by atoms with Crippen LogP contribution in [-0.2, 0) is 19.2 Å². The average Bonchev–Trinajstić information content (AvgIpc) is 2.84. The van der Waals surface area contributed by atoms with Crippen molar-refractivity contribution >= 4 is 24.0 Å². The molecule has 0 aliphatic heterocycles. The van der Waals surface area contributed by atoms with Gasteiger partial charge in [-0.05, 0) is 50.9 Å². The standard InChI is InChI=1S/C30H59N5O5/c1-9-10-11-12-14-22(6)19-23(31)26(37)33-25(18-21(4)5)28(39)35-30(7,8)29(40)34-24(17-20(2)3)27(38)32-15-13-16-36/h16,20-25,28,35,39H,9-15,17-19,31H2,1-8H3,(H,32,38)(H,33,37)(H,34,40)/t22-,23+,24+,25+,28?/m1/s1. The van der Waals surface area contributed by atoms with Crippen molar-refractivity contribution in [2.75, 3.05) is 6.54 Å². The summed E-state index contributed by atoms with van der Waals surface area (Å²) in [4.78, 5) is 49.4. The highest BCUT2D eigenvalue weighted by Gasteiger charge is 2.36. The molecular formula is C30H59N5O5. The van der Waals surface area contributed by atoms with Crippen LogP contribution in [0.5, 0.6) is 0 Å². The van der Waals surface area contributed by atoms with Gasteiger partial charge < -0.3 is 31.6 Å². The molecule has 10 nitrogen and oxygen atoms in total. The predicted octanol–water partition coefficient (Wildman–Crippen LogP) is 2.76. The minimum atomic E-state index is -1.26. The second-order valence-corrected chi connectivity index (χ2v) is 12.7. The number of aliphatic hydroxyl groups excluding tert-OH is 1. The van der Waals surface area contributed by atoms with E-state index in [9.17, 15) is 24.3 Å². The molecular weight excluding hydrogens is 510 g/mol. The highest BCUT2D eigenvalue weighted by molar-refractivity contribution is 5.91. The summed E-state index contributed by atoms with van der Waals surface area (Å²) in [5.74, 6) is -0.528. The molecule has 5 atom stereocenters. The predicted molar refractivity (Wildman–Crippen MR) is 160 cm³/mol. The molecule has 1 unspecified atom stereocenters. The van der Waals surface area contributed by atoms with E-state index in [-0.39, 0.29) is 36.6 Å². The van der Waals surface area contributed by atoms with Gasteiger partial charge in [0.15, 0.2) is 0 Å². The van der Waals surface area contributed by atoms with E-state index in [0.717, 1.165) is 19.1 Å². The third kappa shape index (κ3) is 16.3. The van der Waals surface area contributed by atoms with E-state index in [1.165, 1.54) is 19.3 Å². The fraction of sp³-hybridized carbons (Fsp3) is 0.867. The molecule has 40 heavy (non-hydrogen) atoms. The van der Waals surface area contributed by atoms with E-state index in [4.69, 9.17) is 5.73 Å². The zero-order valence-corrected chi connectivity index (χ0v) is 26.3. The van der Waals surface area contributed by atoms with Gasteiger partial charge in [0.05, 0.1) is 17.6 Å². The quantitative estimate of drug-likeness (QED) is 0.0663. The van der Waals surface area contributed by atoms with Gasteiger partial charge >= 0.3 is 0 Å². The third-order valence-electron chi connectivity index (χ3n) is 6.94. The largest absolute Gasteiger partial charge is 0.376 e. The first-order valence-corrected chi connectivity index (χ1v) is 15.2. The summed E-state index contributed by atoms with van der Waals surface area (Å²) in [6.45, 7) is 15.6. The van der Waals surface area contributed by atoms with Gasteiger partial charge in [0, 0.05) is 13.0 Å². The molecule has 0 saturated heterocycles. The van der Waals surface area contributed by atoms with Crippen molar-refractivity contribution in [3.63, 3.8) is 0 Å². The van der Waals surface area contributed by atoms with Crippen LogP contribution >= 0.6 is 0 Å². The molecule has 3 amide bonds. The van der Waals surface area contributed by atoms with Crippen LogP contribution in [0.3, 0.4) is 0 Å². The number of aldehydes is 1. The van der Waals surface area contributed by atoms with Gasteiger partial charge in [-0.25, -0.2) is 0 Å². The van der Waals surface area contributed by atoms with Crippen LogP contribution in [0.4, 0.5) is 0 Å². The average molecular weight is 570 g/mol. The maximum absolute atomic E-state index is 13.2. The number of hydrogen-bond donors (Lipinski definition) is 6. The van der Waals surface area contributed by atoms with Crippen LogP contribution in [0.2, 0.25) is 0 Å². The second-order valence-electron chi connectivity index (χ2n) is 12.7. The molecule has 0 heterocycles. The third-order valence-corrected chi connectivity index (χ3v) is 6.94. The van der Waals surface area contributed by atoms with E-state index in [2.05, 4.69) is 35.1 Å². The second kappa shape index (κ2) is 19.9. The summed E-state index contributed by atoms with van der Waals surface area (Å²) in [7, 11) is 0. The first kappa shape index (κ1) is 38.0. The van der Waals surface area contributed by atoms with Crippen molar-refractivity contribution in [1.82, 2.24) is 21.3 Å². The van der Waals surface area contributed by atoms with Gasteiger partial charge in [-0.2, -0.15) is 0 Å². The highest BCUT2D eigenvalue weighted by atomic mass is 16.3. The van der Waals surface area contributed by atoms with Crippen LogP contribution in [-0.4, -0.2) is 65.6 Å². The lowest BCUT2D eigenvalue weighted by atomic mass is 9.94. The molecule has 10 heteroatoms. The van der Waals surface area contributed by atoms with Gasteiger partial charge in [0.25, 0.3) is 0 Å². The normalized spacial score (nSPS) is 15.7. The van der Waals surface area contributed by atoms with E-state index >= 15 is 0 Å². The summed E-state index contributed by atoms with van der Waals surface area (Å²) in [5.41, 5.74) is 4.98. The lowest BCUT2D eigenvalue weighted by molar-refractivity contribution is -0.133. The van der Waals surface area contributed by atoms with Gasteiger partial charge in [-0.1, -0.05) is 73.6 Å². The van der Waals surface area contributed by atoms with Crippen LogP contribution in [0.15, 0.2) is 0 Å². The Morgan fingerprint density at radius 1 is 0.900 bits per heavy atom. The van der Waals surface area contributed by atoms with Crippen LogP contribution in [0.25, 0.3) is 0 Å². The van der Waals surface area contributed by atoms with Crippen molar-refractivity contribution in [2.45, 2.75) is 143 Å². The SMILES string of the molecule is CCCCCC[C@@H](C)C[C@H](N)C(=O)N[C@@H](CC(C)C)C(O)NC(C)(C)C(=O)N[C@@H](CC(C)C)C(=O)NCCC=O. The number of nitrogens with one attached hydrogen (secondary N) is 4. The minimum absolute atomic E-state index is 0.137. The Bertz CT molecular complexity index is 759. The highest BCUT2D eigenvalue weighted by Crippen LogP contribution is 2.17. The van der Waals surface area contributed by atoms with Crippen LogP contribution in [0.1, 0.15) is 113 Å². The molecule has 0 aromatic heterocycles. The summed E-state index contributed by atoms with van der Waals surface area (Å²) in [6, 6.07) is -2.14. The maximum atomic E-state index is 13.2. The summed E-state index contributed by atoms with van der Waals surface area (Å²) in [5, 5.41) is 22.4. The smallest absolute Gasteiger partial charge is 0.242 e. The Labute approximate surface area is 242 Å². The first-order chi connectivity index (χ1) is 18.6. The Morgan fingerprint density at radius 3 is 2.08 bits per heavy atom. The fourth-order valence-electron chi connectivity index (χ4n) is 4.60. The Balaban J connectivity index is 5.29. The number of nitrogens with two attached hydrogens (primary N) is 1. The van der Waals surface area contributed by atoms with Crippen LogP contribution in [0, 0.1) is 17.8 Å². The van der Waals surface area contributed by atoms with Gasteiger partial charge in [0.2, 0.25) is 17.7 Å². The van der Waals surface area contributed by atoms with E-state index in [0.29, 0.717) is 25.2 Å². The molecule has 234 valence electrons. The lowest BCUT2D eigenvalue weighted by Crippen LogP contribution is -2.64. The van der Waals surface area contributed by atoms with Gasteiger partial charge in [-0.15, -0.1) is 0 Å². The molecule has 0 aliphatic rings. The Morgan fingerprint density at radius 2 is 1.52 bits per heavy atom. The molecule has 0 aliphatic carbocycles. The van der Waals surface area contributed by atoms with E-state index in [1.54, 1.807) is 13.8 Å². The number of unbranched alkanes of at least 4 members (excludes halogenated alkanes) is 3. The number of hydrogen-bond acceptors (Lipinski definition) is 7. The number of rotatable bonds is 22. The molecule has 0 saturated carbocycles. The van der Waals surface area contributed by atoms with Crippen molar-refractivity contribution in [2.24, 2.45) is 23.5 Å². The summed E-state index contributed by atoms with van der Waals surface area (Å²) < 4.78 is 0. The molecule has 0 radical (unpaired) electrons. The zero-order chi connectivity index (χ0) is 30.9. The molecule has 0 fully saturated rings. The van der Waals surface area contributed by atoms with Gasteiger partial charge in [-0.3, -0.25) is 19.7 Å². The van der Waals surface area contributed by atoms with Gasteiger partial charge in [0.1, 0.15) is 18.6 Å². The maximum Gasteiger partial charge on any atom is 0.242 e. The molecule has 0 bridgehead atoms. The number of carbonyl (C=O) groups excluding carboxylic acids is 4. The zero-order valence-electron chi connectivity index (χ0n) is 26.3. The lowest BCUT2D eigenvalue weighted by Gasteiger charge is -2.35. The van der Waals surface area contributed by atoms with Crippen molar-refractivity contribution < 1.29 is 24.3 Å². The number of aliphatic hydroxyl groups is 1. The monoisotopic (exact) mass is 569 g/mol.